The number of para-hydroxylation sites is 1. The molecule has 0 unspecified atom stereocenters. The van der Waals surface area contributed by atoms with Crippen molar-refractivity contribution in [1.82, 2.24) is 30.3 Å². The van der Waals surface area contributed by atoms with E-state index in [-0.39, 0.29) is 17.2 Å². The van der Waals surface area contributed by atoms with Crippen molar-refractivity contribution in [2.24, 2.45) is 0 Å². The van der Waals surface area contributed by atoms with Crippen molar-refractivity contribution in [2.45, 2.75) is 31.0 Å². The summed E-state index contributed by atoms with van der Waals surface area (Å²) in [6, 6.07) is 11.1. The zero-order valence-corrected chi connectivity index (χ0v) is 18.2. The number of hydrogen-bond donors (Lipinski definition) is 1. The number of benzene rings is 1. The monoisotopic (exact) mass is 456 g/mol. The number of aryl methyl sites for hydroxylation is 3. The first-order valence-electron chi connectivity index (χ1n) is 9.76. The third kappa shape index (κ3) is 5.98. The molecule has 0 spiro atoms. The fraction of sp³-hybridized carbons (Fsp3) is 0.300. The highest BCUT2D eigenvalue weighted by Crippen LogP contribution is 2.23. The van der Waals surface area contributed by atoms with Gasteiger partial charge in [0.15, 0.2) is 0 Å². The Hall–Kier alpha value is -3.05. The van der Waals surface area contributed by atoms with Gasteiger partial charge in [-0.1, -0.05) is 23.9 Å². The lowest BCUT2D eigenvalue weighted by Gasteiger charge is -2.05. The summed E-state index contributed by atoms with van der Waals surface area (Å²) in [7, 11) is 0. The number of fused-ring (bicyclic) bond motifs is 1. The van der Waals surface area contributed by atoms with Gasteiger partial charge in [-0.05, 0) is 24.6 Å². The standard InChI is InChI=1S/C20H20N6O3S2/c27-16(21-10-4-12-26-19(28)7-3-11-22-26)13-30-20-25-24-17(29-20)8-9-18-23-14-5-1-2-6-15(14)31-18/h1-3,5-7,11H,4,8-10,12-13H2,(H,21,27). The number of rotatable bonds is 10. The summed E-state index contributed by atoms with van der Waals surface area (Å²) in [5.74, 6) is 0.582. The molecule has 3 heterocycles. The van der Waals surface area contributed by atoms with Crippen molar-refractivity contribution >= 4 is 39.2 Å². The third-order valence-electron chi connectivity index (χ3n) is 4.32. The summed E-state index contributed by atoms with van der Waals surface area (Å²) in [5.41, 5.74) is 0.849. The SMILES string of the molecule is O=C(CSc1nnc(CCc2nc3ccccc3s2)o1)NCCCn1ncccc1=O. The van der Waals surface area contributed by atoms with Gasteiger partial charge in [-0.3, -0.25) is 9.59 Å². The summed E-state index contributed by atoms with van der Waals surface area (Å²) in [6.07, 6.45) is 3.51. The zero-order valence-electron chi connectivity index (χ0n) is 16.6. The molecule has 0 saturated carbocycles. The maximum Gasteiger partial charge on any atom is 0.277 e. The van der Waals surface area contributed by atoms with Crippen LogP contribution in [-0.4, -0.2) is 43.2 Å². The highest BCUT2D eigenvalue weighted by atomic mass is 32.2. The van der Waals surface area contributed by atoms with Crippen LogP contribution in [0.15, 0.2) is 57.0 Å². The Balaban J connectivity index is 1.16. The van der Waals surface area contributed by atoms with Gasteiger partial charge in [0.2, 0.25) is 11.8 Å². The highest BCUT2D eigenvalue weighted by Gasteiger charge is 2.11. The van der Waals surface area contributed by atoms with E-state index in [0.29, 0.717) is 37.0 Å². The lowest BCUT2D eigenvalue weighted by molar-refractivity contribution is -0.118. The molecule has 160 valence electrons. The second kappa shape index (κ2) is 10.3. The molecule has 3 aromatic heterocycles. The second-order valence-electron chi connectivity index (χ2n) is 6.61. The molecule has 1 aromatic carbocycles. The van der Waals surface area contributed by atoms with E-state index in [4.69, 9.17) is 4.42 Å². The Labute approximate surface area is 185 Å². The fourth-order valence-electron chi connectivity index (χ4n) is 2.83. The smallest absolute Gasteiger partial charge is 0.277 e. The molecule has 0 radical (unpaired) electrons. The first-order valence-corrected chi connectivity index (χ1v) is 11.6. The molecule has 4 aromatic rings. The van der Waals surface area contributed by atoms with Gasteiger partial charge < -0.3 is 9.73 Å². The molecule has 9 nitrogen and oxygen atoms in total. The van der Waals surface area contributed by atoms with Gasteiger partial charge in [0.25, 0.3) is 10.8 Å². The molecule has 0 saturated heterocycles. The molecule has 0 fully saturated rings. The molecule has 11 heteroatoms. The average Bonchev–Trinajstić information content (AvgIpc) is 3.41. The summed E-state index contributed by atoms with van der Waals surface area (Å²) < 4.78 is 8.15. The van der Waals surface area contributed by atoms with Crippen molar-refractivity contribution in [3.05, 3.63) is 63.8 Å². The maximum atomic E-state index is 12.0. The number of nitrogens with one attached hydrogen (secondary N) is 1. The van der Waals surface area contributed by atoms with E-state index in [0.717, 1.165) is 21.6 Å². The van der Waals surface area contributed by atoms with E-state index in [1.54, 1.807) is 23.6 Å². The fourth-order valence-corrected chi connectivity index (χ4v) is 4.41. The van der Waals surface area contributed by atoms with Crippen molar-refractivity contribution in [3.8, 4) is 0 Å². The maximum absolute atomic E-state index is 12.0. The molecule has 31 heavy (non-hydrogen) atoms. The van der Waals surface area contributed by atoms with Gasteiger partial charge in [0, 0.05) is 38.2 Å². The number of hydrogen-bond acceptors (Lipinski definition) is 9. The third-order valence-corrected chi connectivity index (χ3v) is 6.23. The molecule has 0 aliphatic heterocycles. The molecule has 1 N–H and O–H groups in total. The first-order chi connectivity index (χ1) is 15.2. The van der Waals surface area contributed by atoms with E-state index in [9.17, 15) is 9.59 Å². The predicted octanol–water partition coefficient (Wildman–Crippen LogP) is 2.32. The topological polar surface area (TPSA) is 116 Å². The molecular formula is C20H20N6O3S2. The van der Waals surface area contributed by atoms with Crippen LogP contribution in [0.5, 0.6) is 0 Å². The Morgan fingerprint density at radius 3 is 2.94 bits per heavy atom. The number of thioether (sulfide) groups is 1. The summed E-state index contributed by atoms with van der Waals surface area (Å²) in [4.78, 5) is 28.1. The number of amides is 1. The summed E-state index contributed by atoms with van der Waals surface area (Å²) in [6.45, 7) is 0.911. The molecule has 1 amide bonds. The van der Waals surface area contributed by atoms with Gasteiger partial charge in [-0.2, -0.15) is 5.10 Å². The quantitative estimate of drug-likeness (QED) is 0.285. The van der Waals surface area contributed by atoms with Gasteiger partial charge >= 0.3 is 0 Å². The minimum Gasteiger partial charge on any atom is -0.416 e. The van der Waals surface area contributed by atoms with Crippen molar-refractivity contribution in [3.63, 3.8) is 0 Å². The van der Waals surface area contributed by atoms with Gasteiger partial charge in [-0.15, -0.1) is 21.5 Å². The second-order valence-corrected chi connectivity index (χ2v) is 8.66. The van der Waals surface area contributed by atoms with Crippen LogP contribution in [0.4, 0.5) is 0 Å². The lowest BCUT2D eigenvalue weighted by Crippen LogP contribution is -2.28. The van der Waals surface area contributed by atoms with Crippen molar-refractivity contribution in [1.29, 1.82) is 0 Å². The van der Waals surface area contributed by atoms with Crippen molar-refractivity contribution < 1.29 is 9.21 Å². The van der Waals surface area contributed by atoms with E-state index in [1.807, 2.05) is 18.2 Å². The van der Waals surface area contributed by atoms with E-state index >= 15 is 0 Å². The largest absolute Gasteiger partial charge is 0.416 e. The van der Waals surface area contributed by atoms with Crippen LogP contribution in [0.25, 0.3) is 10.2 Å². The number of thiazole rings is 1. The van der Waals surface area contributed by atoms with Crippen LogP contribution in [-0.2, 0) is 24.2 Å². The van der Waals surface area contributed by atoms with Gasteiger partial charge in [0.1, 0.15) is 0 Å². The van der Waals surface area contributed by atoms with Crippen LogP contribution in [0.2, 0.25) is 0 Å². The normalized spacial score (nSPS) is 11.1. The Kier molecular flexibility index (Phi) is 7.05. The number of carbonyl (C=O) groups is 1. The molecule has 0 bridgehead atoms. The van der Waals surface area contributed by atoms with Gasteiger partial charge in [0.05, 0.1) is 21.0 Å². The Morgan fingerprint density at radius 2 is 2.06 bits per heavy atom. The van der Waals surface area contributed by atoms with Crippen LogP contribution < -0.4 is 10.9 Å². The lowest BCUT2D eigenvalue weighted by atomic mass is 10.3. The number of nitrogens with zero attached hydrogens (tertiary/aromatic N) is 5. The van der Waals surface area contributed by atoms with Crippen LogP contribution in [0, 0.1) is 0 Å². The molecule has 4 rings (SSSR count). The number of carbonyl (C=O) groups excluding carboxylic acids is 1. The van der Waals surface area contributed by atoms with Gasteiger partial charge in [-0.25, -0.2) is 9.67 Å². The molecular weight excluding hydrogens is 436 g/mol. The van der Waals surface area contributed by atoms with Crippen LogP contribution in [0.1, 0.15) is 17.3 Å². The van der Waals surface area contributed by atoms with E-state index in [1.165, 1.54) is 22.5 Å². The summed E-state index contributed by atoms with van der Waals surface area (Å²) >= 11 is 2.86. The minimum atomic E-state index is -0.153. The zero-order chi connectivity index (χ0) is 21.5. The molecule has 0 aliphatic rings. The molecule has 0 atom stereocenters. The van der Waals surface area contributed by atoms with Crippen molar-refractivity contribution in [2.75, 3.05) is 12.3 Å². The molecule has 0 aliphatic carbocycles. The van der Waals surface area contributed by atoms with Crippen LogP contribution >= 0.6 is 23.1 Å². The minimum absolute atomic E-state index is 0.132. The van der Waals surface area contributed by atoms with E-state index in [2.05, 4.69) is 31.7 Å². The Morgan fingerprint density at radius 1 is 1.16 bits per heavy atom. The van der Waals surface area contributed by atoms with Crippen LogP contribution in [0.3, 0.4) is 0 Å². The Bertz CT molecular complexity index is 1190. The predicted molar refractivity (Wildman–Crippen MR) is 118 cm³/mol. The first kappa shape index (κ1) is 21.2. The summed E-state index contributed by atoms with van der Waals surface area (Å²) in [5, 5.41) is 16.2. The van der Waals surface area contributed by atoms with E-state index < -0.39 is 0 Å². The average molecular weight is 457 g/mol. The number of aromatic nitrogens is 5. The highest BCUT2D eigenvalue weighted by molar-refractivity contribution is 7.99.